The van der Waals surface area contributed by atoms with Crippen molar-refractivity contribution in [2.45, 2.75) is 32.2 Å². The molecule has 2 aliphatic heterocycles. The van der Waals surface area contributed by atoms with Gasteiger partial charge in [-0.05, 0) is 49.8 Å². The molecule has 110 valence electrons. The summed E-state index contributed by atoms with van der Waals surface area (Å²) >= 11 is 0. The second-order valence-electron chi connectivity index (χ2n) is 6.14. The summed E-state index contributed by atoms with van der Waals surface area (Å²) in [5.41, 5.74) is 1.28. The minimum absolute atomic E-state index is 0.322. The molecule has 0 spiro atoms. The van der Waals surface area contributed by atoms with Crippen molar-refractivity contribution in [2.24, 2.45) is 5.92 Å². The van der Waals surface area contributed by atoms with Crippen molar-refractivity contribution in [3.8, 4) is 0 Å². The van der Waals surface area contributed by atoms with Crippen molar-refractivity contribution in [1.29, 1.82) is 0 Å². The minimum atomic E-state index is 0.322. The molecule has 4 nitrogen and oxygen atoms in total. The van der Waals surface area contributed by atoms with Gasteiger partial charge in [0.25, 0.3) is 0 Å². The number of aromatic nitrogens is 1. The summed E-state index contributed by atoms with van der Waals surface area (Å²) in [6.45, 7) is 5.74. The van der Waals surface area contributed by atoms with Crippen LogP contribution in [0.4, 0.5) is 5.82 Å². The van der Waals surface area contributed by atoms with Gasteiger partial charge < -0.3 is 10.0 Å². The summed E-state index contributed by atoms with van der Waals surface area (Å²) in [6, 6.07) is 4.37. The summed E-state index contributed by atoms with van der Waals surface area (Å²) in [5, 5.41) is 9.29. The smallest absolute Gasteiger partial charge is 0.128 e. The van der Waals surface area contributed by atoms with E-state index in [1.165, 1.54) is 31.2 Å². The maximum Gasteiger partial charge on any atom is 0.128 e. The Kier molecular flexibility index (Phi) is 4.53. The molecule has 2 aliphatic rings. The standard InChI is InChI=1S/C16H25N3O/c20-13-15-4-3-7-18(12-15)11-14-5-6-16(17-10-14)19-8-1-2-9-19/h5-6,10,15,20H,1-4,7-9,11-13H2. The van der Waals surface area contributed by atoms with Crippen LogP contribution in [0.2, 0.25) is 0 Å². The van der Waals surface area contributed by atoms with Crippen molar-refractivity contribution in [1.82, 2.24) is 9.88 Å². The zero-order valence-electron chi connectivity index (χ0n) is 12.2. The highest BCUT2D eigenvalue weighted by atomic mass is 16.3. The molecule has 0 amide bonds. The third kappa shape index (κ3) is 3.30. The van der Waals surface area contributed by atoms with Gasteiger partial charge in [-0.3, -0.25) is 4.90 Å². The Morgan fingerprint density at radius 1 is 1.15 bits per heavy atom. The molecule has 1 aromatic rings. The molecule has 3 rings (SSSR count). The molecule has 0 aliphatic carbocycles. The Labute approximate surface area is 121 Å². The van der Waals surface area contributed by atoms with Crippen LogP contribution in [0.15, 0.2) is 18.3 Å². The Morgan fingerprint density at radius 3 is 2.70 bits per heavy atom. The van der Waals surface area contributed by atoms with Gasteiger partial charge in [0.05, 0.1) is 0 Å². The number of pyridine rings is 1. The predicted molar refractivity (Wildman–Crippen MR) is 80.8 cm³/mol. The lowest BCUT2D eigenvalue weighted by Gasteiger charge is -2.31. The first-order chi connectivity index (χ1) is 9.85. The van der Waals surface area contributed by atoms with E-state index in [1.54, 1.807) is 0 Å². The minimum Gasteiger partial charge on any atom is -0.396 e. The van der Waals surface area contributed by atoms with Crippen molar-refractivity contribution >= 4 is 5.82 Å². The van der Waals surface area contributed by atoms with Gasteiger partial charge in [-0.1, -0.05) is 6.07 Å². The molecule has 1 aromatic heterocycles. The van der Waals surface area contributed by atoms with Crippen LogP contribution in [-0.2, 0) is 6.54 Å². The van der Waals surface area contributed by atoms with Crippen molar-refractivity contribution in [2.75, 3.05) is 37.7 Å². The molecule has 1 N–H and O–H groups in total. The summed E-state index contributed by atoms with van der Waals surface area (Å²) in [4.78, 5) is 9.42. The van der Waals surface area contributed by atoms with Gasteiger partial charge in [0.2, 0.25) is 0 Å². The average molecular weight is 275 g/mol. The van der Waals surface area contributed by atoms with E-state index < -0.39 is 0 Å². The first kappa shape index (κ1) is 13.8. The predicted octanol–water partition coefficient (Wildman–Crippen LogP) is 1.89. The van der Waals surface area contributed by atoms with Crippen LogP contribution in [0.3, 0.4) is 0 Å². The lowest BCUT2D eigenvalue weighted by atomic mass is 9.99. The van der Waals surface area contributed by atoms with E-state index in [0.717, 1.165) is 38.5 Å². The van der Waals surface area contributed by atoms with E-state index >= 15 is 0 Å². The SMILES string of the molecule is OCC1CCCN(Cc2ccc(N3CCCC3)nc2)C1. The maximum absolute atomic E-state index is 9.29. The van der Waals surface area contributed by atoms with Crippen LogP contribution < -0.4 is 4.90 Å². The van der Waals surface area contributed by atoms with Crippen LogP contribution in [0.5, 0.6) is 0 Å². The molecule has 0 bridgehead atoms. The van der Waals surface area contributed by atoms with E-state index in [0.29, 0.717) is 12.5 Å². The van der Waals surface area contributed by atoms with Gasteiger partial charge in [0, 0.05) is 39.0 Å². The zero-order valence-corrected chi connectivity index (χ0v) is 12.2. The van der Waals surface area contributed by atoms with Crippen LogP contribution in [-0.4, -0.2) is 47.8 Å². The molecule has 2 fully saturated rings. The highest BCUT2D eigenvalue weighted by Gasteiger charge is 2.19. The Morgan fingerprint density at radius 2 is 2.00 bits per heavy atom. The average Bonchev–Trinajstić information content (AvgIpc) is 3.02. The number of aliphatic hydroxyl groups is 1. The number of aliphatic hydroxyl groups excluding tert-OH is 1. The monoisotopic (exact) mass is 275 g/mol. The first-order valence-corrected chi connectivity index (χ1v) is 7.88. The van der Waals surface area contributed by atoms with Crippen LogP contribution in [0, 0.1) is 5.92 Å². The second-order valence-corrected chi connectivity index (χ2v) is 6.14. The molecular formula is C16H25N3O. The summed E-state index contributed by atoms with van der Waals surface area (Å²) < 4.78 is 0. The lowest BCUT2D eigenvalue weighted by molar-refractivity contribution is 0.116. The third-order valence-corrected chi connectivity index (χ3v) is 4.51. The largest absolute Gasteiger partial charge is 0.396 e. The fourth-order valence-electron chi connectivity index (χ4n) is 3.35. The molecule has 0 aromatic carbocycles. The number of likely N-dealkylation sites (tertiary alicyclic amines) is 1. The number of hydrogen-bond donors (Lipinski definition) is 1. The normalized spacial score (nSPS) is 24.2. The first-order valence-electron chi connectivity index (χ1n) is 7.88. The summed E-state index contributed by atoms with van der Waals surface area (Å²) in [7, 11) is 0. The molecule has 1 unspecified atom stereocenters. The van der Waals surface area contributed by atoms with Crippen LogP contribution in [0.25, 0.3) is 0 Å². The maximum atomic E-state index is 9.29. The van der Waals surface area contributed by atoms with Crippen molar-refractivity contribution in [3.63, 3.8) is 0 Å². The topological polar surface area (TPSA) is 39.6 Å². The van der Waals surface area contributed by atoms with E-state index in [-0.39, 0.29) is 0 Å². The Bertz CT molecular complexity index is 414. The van der Waals surface area contributed by atoms with Gasteiger partial charge in [-0.25, -0.2) is 4.98 Å². The van der Waals surface area contributed by atoms with Gasteiger partial charge in [0.15, 0.2) is 0 Å². The second kappa shape index (κ2) is 6.55. The van der Waals surface area contributed by atoms with Gasteiger partial charge in [0.1, 0.15) is 5.82 Å². The Balaban J connectivity index is 1.57. The highest BCUT2D eigenvalue weighted by molar-refractivity contribution is 5.40. The molecule has 1 atom stereocenters. The van der Waals surface area contributed by atoms with E-state index in [2.05, 4.69) is 26.9 Å². The number of nitrogens with zero attached hydrogens (tertiary/aromatic N) is 3. The van der Waals surface area contributed by atoms with E-state index in [1.807, 2.05) is 6.20 Å². The molecule has 0 radical (unpaired) electrons. The van der Waals surface area contributed by atoms with Gasteiger partial charge >= 0.3 is 0 Å². The number of piperidine rings is 1. The molecule has 3 heterocycles. The lowest BCUT2D eigenvalue weighted by Crippen LogP contribution is -2.36. The number of anilines is 1. The van der Waals surface area contributed by atoms with E-state index in [9.17, 15) is 5.11 Å². The number of rotatable bonds is 4. The molecule has 4 heteroatoms. The Hall–Kier alpha value is -1.13. The summed E-state index contributed by atoms with van der Waals surface area (Å²) in [6.07, 6.45) is 6.97. The number of hydrogen-bond acceptors (Lipinski definition) is 4. The molecule has 20 heavy (non-hydrogen) atoms. The third-order valence-electron chi connectivity index (χ3n) is 4.51. The fraction of sp³-hybridized carbons (Fsp3) is 0.688. The van der Waals surface area contributed by atoms with Gasteiger partial charge in [-0.2, -0.15) is 0 Å². The van der Waals surface area contributed by atoms with E-state index in [4.69, 9.17) is 0 Å². The van der Waals surface area contributed by atoms with Gasteiger partial charge in [-0.15, -0.1) is 0 Å². The van der Waals surface area contributed by atoms with Crippen LogP contribution in [0.1, 0.15) is 31.2 Å². The summed E-state index contributed by atoms with van der Waals surface area (Å²) in [5.74, 6) is 1.58. The molecule has 2 saturated heterocycles. The van der Waals surface area contributed by atoms with Crippen molar-refractivity contribution < 1.29 is 5.11 Å². The zero-order chi connectivity index (χ0) is 13.8. The molecular weight excluding hydrogens is 250 g/mol. The van der Waals surface area contributed by atoms with Crippen LogP contribution >= 0.6 is 0 Å². The highest BCUT2D eigenvalue weighted by Crippen LogP contribution is 2.20. The quantitative estimate of drug-likeness (QED) is 0.911. The molecule has 0 saturated carbocycles. The fourth-order valence-corrected chi connectivity index (χ4v) is 3.35. The van der Waals surface area contributed by atoms with Crippen molar-refractivity contribution in [3.05, 3.63) is 23.9 Å².